The molecule has 0 spiro atoms. The largest absolute Gasteiger partial charge is 0.487 e. The van der Waals surface area contributed by atoms with E-state index in [9.17, 15) is 18.3 Å². The zero-order valence-corrected chi connectivity index (χ0v) is 22.0. The summed E-state index contributed by atoms with van der Waals surface area (Å²) in [4.78, 5) is 18.2. The van der Waals surface area contributed by atoms with Crippen LogP contribution in [0.2, 0.25) is 0 Å². The van der Waals surface area contributed by atoms with Crippen molar-refractivity contribution in [3.05, 3.63) is 53.9 Å². The lowest BCUT2D eigenvalue weighted by atomic mass is 10.0. The van der Waals surface area contributed by atoms with E-state index in [2.05, 4.69) is 22.1 Å². The van der Waals surface area contributed by atoms with Gasteiger partial charge in [-0.15, -0.1) is 0 Å². The van der Waals surface area contributed by atoms with Crippen LogP contribution in [0.5, 0.6) is 5.75 Å². The maximum absolute atomic E-state index is 13.6. The van der Waals surface area contributed by atoms with Gasteiger partial charge in [0.25, 0.3) is 0 Å². The van der Waals surface area contributed by atoms with Crippen LogP contribution < -0.4 is 10.1 Å². The van der Waals surface area contributed by atoms with Gasteiger partial charge in [0.05, 0.1) is 13.2 Å². The van der Waals surface area contributed by atoms with E-state index in [1.807, 2.05) is 19.9 Å². The number of nitrogens with zero attached hydrogens (tertiary/aromatic N) is 3. The van der Waals surface area contributed by atoms with Gasteiger partial charge in [-0.25, -0.2) is 18.2 Å². The monoisotopic (exact) mass is 514 g/mol. The Hall–Kier alpha value is -3.13. The minimum Gasteiger partial charge on any atom is -0.487 e. The van der Waals surface area contributed by atoms with Gasteiger partial charge in [0, 0.05) is 43.9 Å². The van der Waals surface area contributed by atoms with Gasteiger partial charge in [0.15, 0.2) is 0 Å². The molecule has 3 rings (SSSR count). The molecule has 2 aromatic rings. The molecule has 0 bridgehead atoms. The molecule has 0 fully saturated rings. The lowest BCUT2D eigenvalue weighted by Crippen LogP contribution is -2.51. The highest BCUT2D eigenvalue weighted by Crippen LogP contribution is 2.34. The Morgan fingerprint density at radius 2 is 2.11 bits per heavy atom. The Balaban J connectivity index is 2.01. The van der Waals surface area contributed by atoms with E-state index < -0.39 is 22.2 Å². The molecule has 194 valence electrons. The Labute approximate surface area is 213 Å². The number of aliphatic hydroxyl groups is 1. The molecule has 36 heavy (non-hydrogen) atoms. The number of nitrogens with one attached hydrogen (secondary N) is 1. The number of aromatic nitrogens is 1. The molecule has 1 aliphatic rings. The molecule has 1 aliphatic heterocycles. The first-order chi connectivity index (χ1) is 17.2. The molecule has 2 heterocycles. The van der Waals surface area contributed by atoms with Crippen LogP contribution >= 0.6 is 0 Å². The molecular weight excluding hydrogens is 480 g/mol. The summed E-state index contributed by atoms with van der Waals surface area (Å²) in [5.41, 5.74) is 1.16. The molecule has 0 saturated heterocycles. The molecule has 0 radical (unpaired) electrons. The number of carbonyl (C=O) groups is 1. The maximum atomic E-state index is 13.6. The van der Waals surface area contributed by atoms with Crippen molar-refractivity contribution in [2.75, 3.05) is 33.3 Å². The highest BCUT2D eigenvalue weighted by Gasteiger charge is 2.38. The van der Waals surface area contributed by atoms with E-state index in [1.165, 1.54) is 15.3 Å². The van der Waals surface area contributed by atoms with E-state index >= 15 is 0 Å². The van der Waals surface area contributed by atoms with Gasteiger partial charge in [0.2, 0.25) is 10.0 Å². The number of ether oxygens (including phenoxy) is 1. The first kappa shape index (κ1) is 27.5. The van der Waals surface area contributed by atoms with E-state index in [4.69, 9.17) is 4.74 Å². The smallest absolute Gasteiger partial charge is 0.317 e. The fraction of sp³-hybridized carbons (Fsp3) is 0.462. The minimum atomic E-state index is -3.96. The maximum Gasteiger partial charge on any atom is 0.317 e. The quantitative estimate of drug-likeness (QED) is 0.572. The molecule has 2 amide bonds. The normalized spacial score (nSPS) is 19.9. The Morgan fingerprint density at radius 1 is 1.33 bits per heavy atom. The number of hydrogen-bond acceptors (Lipinski definition) is 6. The molecule has 0 saturated carbocycles. The van der Waals surface area contributed by atoms with E-state index in [-0.39, 0.29) is 42.3 Å². The van der Waals surface area contributed by atoms with Gasteiger partial charge in [0.1, 0.15) is 22.4 Å². The summed E-state index contributed by atoms with van der Waals surface area (Å²) in [5, 5.41) is 12.6. The fourth-order valence-electron chi connectivity index (χ4n) is 3.81. The number of carbonyl (C=O) groups excluding carboxylic acids is 1. The molecule has 9 nitrogen and oxygen atoms in total. The Morgan fingerprint density at radius 3 is 2.78 bits per heavy atom. The summed E-state index contributed by atoms with van der Waals surface area (Å²) in [7, 11) is -2.28. The van der Waals surface area contributed by atoms with Crippen molar-refractivity contribution in [1.82, 2.24) is 19.5 Å². The summed E-state index contributed by atoms with van der Waals surface area (Å²) >= 11 is 0. The van der Waals surface area contributed by atoms with Crippen molar-refractivity contribution in [3.63, 3.8) is 0 Å². The summed E-state index contributed by atoms with van der Waals surface area (Å²) in [6.07, 6.45) is 1.97. The zero-order chi connectivity index (χ0) is 26.3. The number of pyridine rings is 1. The number of likely N-dealkylation sites (N-methyl/N-ethyl adjacent to an activating group) is 1. The molecule has 2 N–H and O–H groups in total. The van der Waals surface area contributed by atoms with Gasteiger partial charge in [-0.2, -0.15) is 4.31 Å². The molecule has 1 aromatic heterocycles. The molecule has 0 aliphatic carbocycles. The van der Waals surface area contributed by atoms with E-state index in [0.29, 0.717) is 17.8 Å². The fourth-order valence-corrected chi connectivity index (χ4v) is 5.64. The van der Waals surface area contributed by atoms with Crippen LogP contribution in [0.25, 0.3) is 0 Å². The Bertz CT molecular complexity index is 1210. The van der Waals surface area contributed by atoms with Crippen LogP contribution in [0.3, 0.4) is 0 Å². The second kappa shape index (κ2) is 12.2. The van der Waals surface area contributed by atoms with Crippen molar-refractivity contribution in [2.24, 2.45) is 5.92 Å². The summed E-state index contributed by atoms with van der Waals surface area (Å²) < 4.78 is 34.8. The predicted octanol–water partition coefficient (Wildman–Crippen LogP) is 2.30. The van der Waals surface area contributed by atoms with Gasteiger partial charge >= 0.3 is 6.03 Å². The molecule has 0 unspecified atom stereocenters. The molecular formula is C26H34N4O5S. The predicted molar refractivity (Wildman–Crippen MR) is 137 cm³/mol. The first-order valence-corrected chi connectivity index (χ1v) is 13.5. The summed E-state index contributed by atoms with van der Waals surface area (Å²) in [6.45, 7) is 6.15. The number of amides is 2. The van der Waals surface area contributed by atoms with E-state index in [1.54, 1.807) is 44.4 Å². The summed E-state index contributed by atoms with van der Waals surface area (Å²) in [5.74, 6) is 5.87. The topological polar surface area (TPSA) is 112 Å². The van der Waals surface area contributed by atoms with E-state index in [0.717, 1.165) is 6.42 Å². The van der Waals surface area contributed by atoms with Gasteiger partial charge in [-0.1, -0.05) is 25.8 Å². The van der Waals surface area contributed by atoms with Gasteiger partial charge in [-0.3, -0.25) is 0 Å². The molecule has 3 atom stereocenters. The average Bonchev–Trinajstić information content (AvgIpc) is 2.88. The number of urea groups is 1. The lowest BCUT2D eigenvalue weighted by Gasteiger charge is -2.37. The second-order valence-corrected chi connectivity index (χ2v) is 10.8. The first-order valence-electron chi connectivity index (χ1n) is 12.0. The van der Waals surface area contributed by atoms with Crippen LogP contribution in [-0.4, -0.2) is 79.2 Å². The average molecular weight is 515 g/mol. The lowest BCUT2D eigenvalue weighted by molar-refractivity contribution is 0.0812. The van der Waals surface area contributed by atoms with Crippen molar-refractivity contribution in [3.8, 4) is 17.6 Å². The molecule has 10 heteroatoms. The Kier molecular flexibility index (Phi) is 9.31. The van der Waals surface area contributed by atoms with Crippen molar-refractivity contribution in [2.45, 2.75) is 44.2 Å². The van der Waals surface area contributed by atoms with Gasteiger partial charge in [-0.05, 0) is 49.6 Å². The number of sulfonamides is 1. The van der Waals surface area contributed by atoms with Crippen LogP contribution in [-0.2, 0) is 10.0 Å². The number of fused-ring (bicyclic) bond motifs is 1. The van der Waals surface area contributed by atoms with Crippen LogP contribution in [0.1, 0.15) is 38.4 Å². The highest BCUT2D eigenvalue weighted by atomic mass is 32.2. The standard InChI is InChI=1S/C26H34N4O5S/c1-5-13-28-26(32)29(4)17-24-19(2)16-30(20(3)18-31)36(33,34)25-12-10-21(15-23(25)35-24)9-11-22-8-6-7-14-27-22/h6-8,10,12,14-15,19-20,24,31H,5,13,16-18H2,1-4H3,(H,28,32)/t19-,20+,24+/m0/s1. The van der Waals surface area contributed by atoms with Crippen molar-refractivity contribution < 1.29 is 23.1 Å². The van der Waals surface area contributed by atoms with Crippen LogP contribution in [0.4, 0.5) is 4.79 Å². The van der Waals surface area contributed by atoms with Gasteiger partial charge < -0.3 is 20.1 Å². The SMILES string of the molecule is CCCNC(=O)N(C)C[C@H]1Oc2cc(C#Cc3ccccn3)ccc2S(=O)(=O)N([C@H](C)CO)C[C@@H]1C. The second-order valence-electron chi connectivity index (χ2n) is 8.98. The number of rotatable bonds is 6. The highest BCUT2D eigenvalue weighted by molar-refractivity contribution is 7.89. The zero-order valence-electron chi connectivity index (χ0n) is 21.1. The van der Waals surface area contributed by atoms with Crippen LogP contribution in [0, 0.1) is 17.8 Å². The summed E-state index contributed by atoms with van der Waals surface area (Å²) in [6, 6.07) is 9.28. The van der Waals surface area contributed by atoms with Crippen molar-refractivity contribution in [1.29, 1.82) is 0 Å². The van der Waals surface area contributed by atoms with Crippen molar-refractivity contribution >= 4 is 16.1 Å². The minimum absolute atomic E-state index is 0.00109. The number of aliphatic hydroxyl groups excluding tert-OH is 1. The molecule has 1 aromatic carbocycles. The third-order valence-electron chi connectivity index (χ3n) is 5.99. The third-order valence-corrected chi connectivity index (χ3v) is 8.01. The number of hydrogen-bond donors (Lipinski definition) is 2. The van der Waals surface area contributed by atoms with Crippen LogP contribution in [0.15, 0.2) is 47.5 Å². The third kappa shape index (κ3) is 6.55. The number of benzene rings is 1.